The number of amides is 1. The van der Waals surface area contributed by atoms with Gasteiger partial charge in [-0.2, -0.15) is 0 Å². The molecule has 1 unspecified atom stereocenters. The Morgan fingerprint density at radius 2 is 1.97 bits per heavy atom. The zero-order chi connectivity index (χ0) is 20.0. The summed E-state index contributed by atoms with van der Waals surface area (Å²) >= 11 is 0. The third-order valence-corrected chi connectivity index (χ3v) is 5.27. The van der Waals surface area contributed by atoms with Crippen molar-refractivity contribution in [3.05, 3.63) is 84.2 Å². The summed E-state index contributed by atoms with van der Waals surface area (Å²) in [6.45, 7) is 1.98. The standard InChI is InChI=1S/C22H20N6O/c1-14-25-17-13-23-11-9-18(17)28(14)16-7-5-15(6-8-16)20-12-21(29)26-22-19(27(20)2)4-3-10-24-22/h3-13,22,24H,1-2H3,(H,26,29). The van der Waals surface area contributed by atoms with E-state index in [9.17, 15) is 4.79 Å². The van der Waals surface area contributed by atoms with E-state index in [1.165, 1.54) is 0 Å². The molecule has 2 aliphatic rings. The molecule has 0 saturated carbocycles. The Balaban J connectivity index is 1.54. The number of fused-ring (bicyclic) bond motifs is 2. The van der Waals surface area contributed by atoms with E-state index in [4.69, 9.17) is 0 Å². The van der Waals surface area contributed by atoms with Crippen LogP contribution in [0.2, 0.25) is 0 Å². The molecule has 5 rings (SSSR count). The van der Waals surface area contributed by atoms with Crippen LogP contribution in [0.25, 0.3) is 22.4 Å². The van der Waals surface area contributed by atoms with Crippen molar-refractivity contribution in [2.45, 2.75) is 13.1 Å². The molecule has 0 radical (unpaired) electrons. The summed E-state index contributed by atoms with van der Waals surface area (Å²) in [6, 6.07) is 10.1. The largest absolute Gasteiger partial charge is 0.366 e. The number of likely N-dealkylation sites (N-methyl/N-ethyl adjacent to an activating group) is 1. The number of aryl methyl sites for hydroxylation is 1. The smallest absolute Gasteiger partial charge is 0.247 e. The van der Waals surface area contributed by atoms with Gasteiger partial charge in [0.2, 0.25) is 5.91 Å². The van der Waals surface area contributed by atoms with Gasteiger partial charge >= 0.3 is 0 Å². The second-order valence-corrected chi connectivity index (χ2v) is 7.05. The molecule has 29 heavy (non-hydrogen) atoms. The maximum absolute atomic E-state index is 12.4. The molecular formula is C22H20N6O. The lowest BCUT2D eigenvalue weighted by molar-refractivity contribution is -0.116. The normalized spacial score (nSPS) is 18.5. The molecule has 1 atom stereocenters. The number of nitrogens with zero attached hydrogens (tertiary/aromatic N) is 4. The predicted molar refractivity (Wildman–Crippen MR) is 112 cm³/mol. The van der Waals surface area contributed by atoms with Crippen molar-refractivity contribution in [2.24, 2.45) is 0 Å². The van der Waals surface area contributed by atoms with Crippen molar-refractivity contribution in [1.82, 2.24) is 30.1 Å². The third-order valence-electron chi connectivity index (χ3n) is 5.27. The van der Waals surface area contributed by atoms with E-state index < -0.39 is 0 Å². The Bertz CT molecular complexity index is 1200. The number of hydrogen-bond donors (Lipinski definition) is 2. The monoisotopic (exact) mass is 384 g/mol. The summed E-state index contributed by atoms with van der Waals surface area (Å²) in [7, 11) is 1.97. The van der Waals surface area contributed by atoms with Crippen LogP contribution >= 0.6 is 0 Å². The van der Waals surface area contributed by atoms with Gasteiger partial charge in [0.1, 0.15) is 17.5 Å². The number of dihydropyridines is 1. The number of benzene rings is 1. The van der Waals surface area contributed by atoms with Crippen molar-refractivity contribution in [3.8, 4) is 5.69 Å². The first-order valence-corrected chi connectivity index (χ1v) is 9.40. The van der Waals surface area contributed by atoms with Gasteiger partial charge in [-0.1, -0.05) is 12.1 Å². The SMILES string of the molecule is Cc1nc2cnccc2n1-c1ccc(C2=CC(=O)NC3NC=CC=C3N2C)cc1. The van der Waals surface area contributed by atoms with Crippen LogP contribution in [0.4, 0.5) is 0 Å². The lowest BCUT2D eigenvalue weighted by Gasteiger charge is -2.30. The van der Waals surface area contributed by atoms with Gasteiger partial charge in [0.15, 0.2) is 0 Å². The second-order valence-electron chi connectivity index (χ2n) is 7.05. The molecule has 1 amide bonds. The summed E-state index contributed by atoms with van der Waals surface area (Å²) in [5.74, 6) is 0.773. The van der Waals surface area contributed by atoms with Gasteiger partial charge in [0.25, 0.3) is 0 Å². The molecular weight excluding hydrogens is 364 g/mol. The minimum Gasteiger partial charge on any atom is -0.366 e. The fourth-order valence-corrected chi connectivity index (χ4v) is 3.88. The highest BCUT2D eigenvalue weighted by Gasteiger charge is 2.26. The number of carbonyl (C=O) groups excluding carboxylic acids is 1. The van der Waals surface area contributed by atoms with E-state index in [1.807, 2.05) is 67.6 Å². The molecule has 4 heterocycles. The molecule has 0 bridgehead atoms. The van der Waals surface area contributed by atoms with Crippen LogP contribution in [0.15, 0.2) is 72.9 Å². The van der Waals surface area contributed by atoms with Gasteiger partial charge < -0.3 is 15.5 Å². The Hall–Kier alpha value is -3.87. The molecule has 1 aromatic carbocycles. The lowest BCUT2D eigenvalue weighted by atomic mass is 10.1. The number of carbonyl (C=O) groups is 1. The van der Waals surface area contributed by atoms with Crippen LogP contribution in [0, 0.1) is 6.92 Å². The first kappa shape index (κ1) is 17.2. The number of imidazole rings is 1. The zero-order valence-electron chi connectivity index (χ0n) is 16.1. The van der Waals surface area contributed by atoms with Gasteiger partial charge in [0, 0.05) is 25.0 Å². The Morgan fingerprint density at radius 1 is 1.14 bits per heavy atom. The molecule has 0 aliphatic carbocycles. The highest BCUT2D eigenvalue weighted by molar-refractivity contribution is 5.96. The number of allylic oxidation sites excluding steroid dienone is 2. The van der Waals surface area contributed by atoms with E-state index in [-0.39, 0.29) is 12.1 Å². The van der Waals surface area contributed by atoms with E-state index in [2.05, 4.69) is 25.2 Å². The predicted octanol–water partition coefficient (Wildman–Crippen LogP) is 2.46. The zero-order valence-corrected chi connectivity index (χ0v) is 16.1. The van der Waals surface area contributed by atoms with Crippen molar-refractivity contribution in [1.29, 1.82) is 0 Å². The maximum atomic E-state index is 12.4. The molecule has 3 aromatic rings. The summed E-state index contributed by atoms with van der Waals surface area (Å²) in [5.41, 5.74) is 5.69. The maximum Gasteiger partial charge on any atom is 0.247 e. The molecule has 2 aromatic heterocycles. The van der Waals surface area contributed by atoms with E-state index >= 15 is 0 Å². The molecule has 2 aliphatic heterocycles. The Kier molecular flexibility index (Phi) is 3.94. The average Bonchev–Trinajstić information content (AvgIpc) is 3.01. The fraction of sp³-hybridized carbons (Fsp3) is 0.136. The van der Waals surface area contributed by atoms with Crippen LogP contribution in [-0.4, -0.2) is 38.6 Å². The molecule has 7 heteroatoms. The lowest BCUT2D eigenvalue weighted by Crippen LogP contribution is -2.46. The van der Waals surface area contributed by atoms with E-state index in [0.717, 1.165) is 39.5 Å². The van der Waals surface area contributed by atoms with Gasteiger partial charge in [-0.25, -0.2) is 4.98 Å². The second kappa shape index (κ2) is 6.63. The first-order valence-electron chi connectivity index (χ1n) is 9.40. The quantitative estimate of drug-likeness (QED) is 0.710. The third kappa shape index (κ3) is 2.87. The van der Waals surface area contributed by atoms with Crippen LogP contribution in [-0.2, 0) is 4.79 Å². The van der Waals surface area contributed by atoms with Crippen LogP contribution in [0.1, 0.15) is 11.4 Å². The van der Waals surface area contributed by atoms with Gasteiger partial charge in [-0.3, -0.25) is 14.3 Å². The van der Waals surface area contributed by atoms with Gasteiger partial charge in [0.05, 0.1) is 23.1 Å². The van der Waals surface area contributed by atoms with Gasteiger partial charge in [-0.15, -0.1) is 0 Å². The molecule has 0 fully saturated rings. The first-order chi connectivity index (χ1) is 14.1. The Labute approximate surface area is 168 Å². The van der Waals surface area contributed by atoms with Crippen molar-refractivity contribution in [2.75, 3.05) is 7.05 Å². The number of rotatable bonds is 2. The summed E-state index contributed by atoms with van der Waals surface area (Å²) in [6.07, 6.45) is 10.7. The van der Waals surface area contributed by atoms with Crippen LogP contribution in [0.3, 0.4) is 0 Å². The van der Waals surface area contributed by atoms with E-state index in [0.29, 0.717) is 0 Å². The fourth-order valence-electron chi connectivity index (χ4n) is 3.88. The number of nitrogens with one attached hydrogen (secondary N) is 2. The van der Waals surface area contributed by atoms with Gasteiger partial charge in [-0.05, 0) is 49.0 Å². The van der Waals surface area contributed by atoms with Crippen LogP contribution in [0.5, 0.6) is 0 Å². The van der Waals surface area contributed by atoms with Crippen LogP contribution < -0.4 is 10.6 Å². The molecule has 0 saturated heterocycles. The van der Waals surface area contributed by atoms with Crippen molar-refractivity contribution < 1.29 is 4.79 Å². The number of pyridine rings is 1. The number of hydrogen-bond acceptors (Lipinski definition) is 5. The molecule has 0 spiro atoms. The van der Waals surface area contributed by atoms with Crippen molar-refractivity contribution in [3.63, 3.8) is 0 Å². The topological polar surface area (TPSA) is 75.1 Å². The summed E-state index contributed by atoms with van der Waals surface area (Å²) < 4.78 is 2.10. The average molecular weight is 384 g/mol. The molecule has 2 N–H and O–H groups in total. The van der Waals surface area contributed by atoms with Crippen molar-refractivity contribution >= 4 is 22.6 Å². The highest BCUT2D eigenvalue weighted by atomic mass is 16.1. The van der Waals surface area contributed by atoms with E-state index in [1.54, 1.807) is 18.5 Å². The number of aromatic nitrogens is 3. The minimum atomic E-state index is -0.237. The molecule has 7 nitrogen and oxygen atoms in total. The Morgan fingerprint density at radius 3 is 2.79 bits per heavy atom. The summed E-state index contributed by atoms with van der Waals surface area (Å²) in [5, 5.41) is 6.14. The minimum absolute atomic E-state index is 0.129. The molecule has 144 valence electrons. The highest BCUT2D eigenvalue weighted by Crippen LogP contribution is 2.28. The summed E-state index contributed by atoms with van der Waals surface area (Å²) in [4.78, 5) is 23.2.